The van der Waals surface area contributed by atoms with Crippen molar-refractivity contribution in [2.24, 2.45) is 7.05 Å². The summed E-state index contributed by atoms with van der Waals surface area (Å²) < 4.78 is 2.84. The van der Waals surface area contributed by atoms with Crippen LogP contribution in [0.2, 0.25) is 5.02 Å². The molecule has 3 heterocycles. The lowest BCUT2D eigenvalue weighted by molar-refractivity contribution is 0.0923. The van der Waals surface area contributed by atoms with Gasteiger partial charge in [0, 0.05) is 26.2 Å². The van der Waals surface area contributed by atoms with E-state index in [-0.39, 0.29) is 11.9 Å². The highest BCUT2D eigenvalue weighted by atomic mass is 35.5. The van der Waals surface area contributed by atoms with E-state index in [1.807, 2.05) is 25.2 Å². The molecule has 130 valence electrons. The van der Waals surface area contributed by atoms with Crippen LogP contribution in [0.25, 0.3) is 10.2 Å². The lowest BCUT2D eigenvalue weighted by Gasteiger charge is -2.32. The topological polar surface area (TPSA) is 63.1 Å². The van der Waals surface area contributed by atoms with E-state index in [0.29, 0.717) is 10.7 Å². The third-order valence-electron chi connectivity index (χ3n) is 4.51. The van der Waals surface area contributed by atoms with Gasteiger partial charge in [-0.3, -0.25) is 4.79 Å². The van der Waals surface area contributed by atoms with E-state index in [4.69, 9.17) is 11.6 Å². The average molecular weight is 376 g/mol. The molecule has 0 radical (unpaired) electrons. The average Bonchev–Trinajstić information content (AvgIpc) is 3.22. The third kappa shape index (κ3) is 3.21. The number of amides is 1. The number of halogens is 1. The van der Waals surface area contributed by atoms with Gasteiger partial charge in [-0.2, -0.15) is 0 Å². The van der Waals surface area contributed by atoms with Crippen LogP contribution in [0.15, 0.2) is 30.7 Å². The molecule has 1 saturated heterocycles. The number of hydrogen-bond acceptors (Lipinski definition) is 5. The van der Waals surface area contributed by atoms with Gasteiger partial charge in [-0.15, -0.1) is 0 Å². The first kappa shape index (κ1) is 16.4. The Morgan fingerprint density at radius 2 is 2.16 bits per heavy atom. The minimum atomic E-state index is -0.0646. The molecular formula is C17H18ClN5OS. The number of anilines is 1. The summed E-state index contributed by atoms with van der Waals surface area (Å²) in [5, 5.41) is 4.80. The van der Waals surface area contributed by atoms with Gasteiger partial charge in [0.05, 0.1) is 22.2 Å². The number of benzene rings is 1. The van der Waals surface area contributed by atoms with Gasteiger partial charge < -0.3 is 14.8 Å². The summed E-state index contributed by atoms with van der Waals surface area (Å²) in [4.78, 5) is 23.2. The van der Waals surface area contributed by atoms with Crippen LogP contribution in [-0.4, -0.2) is 39.6 Å². The van der Waals surface area contributed by atoms with Crippen LogP contribution < -0.4 is 10.2 Å². The van der Waals surface area contributed by atoms with Crippen molar-refractivity contribution < 1.29 is 4.79 Å². The summed E-state index contributed by atoms with van der Waals surface area (Å²) >= 11 is 7.89. The number of hydrogen-bond donors (Lipinski definition) is 1. The fourth-order valence-electron chi connectivity index (χ4n) is 3.09. The Balaban J connectivity index is 1.40. The fraction of sp³-hybridized carbons (Fsp3) is 0.353. The lowest BCUT2D eigenvalue weighted by Crippen LogP contribution is -2.45. The largest absolute Gasteiger partial charge is 0.348 e. The molecule has 2 aromatic heterocycles. The summed E-state index contributed by atoms with van der Waals surface area (Å²) in [5.41, 5.74) is 1.46. The van der Waals surface area contributed by atoms with Gasteiger partial charge in [0.1, 0.15) is 11.2 Å². The van der Waals surface area contributed by atoms with Crippen molar-refractivity contribution in [2.45, 2.75) is 18.9 Å². The molecule has 0 saturated carbocycles. The Bertz CT molecular complexity index is 913. The molecule has 8 heteroatoms. The molecule has 1 aliphatic rings. The predicted octanol–water partition coefficient (Wildman–Crippen LogP) is 3.08. The van der Waals surface area contributed by atoms with E-state index in [1.54, 1.807) is 28.4 Å². The number of nitrogens with one attached hydrogen (secondary N) is 1. The summed E-state index contributed by atoms with van der Waals surface area (Å²) in [5.74, 6) is -0.0646. The molecule has 0 aliphatic carbocycles. The maximum Gasteiger partial charge on any atom is 0.269 e. The number of carbonyl (C=O) groups excluding carboxylic acids is 1. The zero-order valence-electron chi connectivity index (χ0n) is 13.8. The Labute approximate surface area is 154 Å². The van der Waals surface area contributed by atoms with Gasteiger partial charge in [0.2, 0.25) is 0 Å². The molecule has 0 bridgehead atoms. The summed E-state index contributed by atoms with van der Waals surface area (Å²) in [7, 11) is 1.82. The summed E-state index contributed by atoms with van der Waals surface area (Å²) in [6, 6.07) is 6.04. The van der Waals surface area contributed by atoms with Crippen LogP contribution in [0.4, 0.5) is 5.13 Å². The minimum Gasteiger partial charge on any atom is -0.348 e. The van der Waals surface area contributed by atoms with E-state index in [1.165, 1.54) is 0 Å². The van der Waals surface area contributed by atoms with Crippen LogP contribution in [0.5, 0.6) is 0 Å². The number of imidazole rings is 1. The van der Waals surface area contributed by atoms with Crippen molar-refractivity contribution in [1.29, 1.82) is 0 Å². The van der Waals surface area contributed by atoms with Crippen molar-refractivity contribution in [3.8, 4) is 0 Å². The molecule has 25 heavy (non-hydrogen) atoms. The minimum absolute atomic E-state index is 0.0646. The predicted molar refractivity (Wildman–Crippen MR) is 101 cm³/mol. The molecule has 1 aliphatic heterocycles. The van der Waals surface area contributed by atoms with E-state index in [2.05, 4.69) is 20.2 Å². The number of thiazole rings is 1. The maximum atomic E-state index is 12.3. The van der Waals surface area contributed by atoms with E-state index in [9.17, 15) is 4.79 Å². The van der Waals surface area contributed by atoms with Crippen molar-refractivity contribution in [1.82, 2.24) is 19.9 Å². The number of piperidine rings is 1. The van der Waals surface area contributed by atoms with Crippen molar-refractivity contribution >= 4 is 44.2 Å². The zero-order valence-corrected chi connectivity index (χ0v) is 15.3. The van der Waals surface area contributed by atoms with E-state index in [0.717, 1.165) is 41.3 Å². The Morgan fingerprint density at radius 3 is 2.84 bits per heavy atom. The van der Waals surface area contributed by atoms with Gasteiger partial charge in [0.25, 0.3) is 5.91 Å². The molecule has 0 unspecified atom stereocenters. The number of aromatic nitrogens is 3. The standard InChI is InChI=1S/C17H18ClN5OS/c1-22-10-19-9-13(22)16(24)20-11-5-7-23(8-6-11)17-21-15-12(18)3-2-4-14(15)25-17/h2-4,9-11H,5-8H2,1H3,(H,20,24). The monoisotopic (exact) mass is 375 g/mol. The molecule has 1 fully saturated rings. The first-order valence-corrected chi connectivity index (χ1v) is 9.38. The summed E-state index contributed by atoms with van der Waals surface area (Å²) in [6.45, 7) is 1.74. The molecule has 3 aromatic rings. The van der Waals surface area contributed by atoms with Gasteiger partial charge >= 0.3 is 0 Å². The Morgan fingerprint density at radius 1 is 1.36 bits per heavy atom. The molecule has 1 N–H and O–H groups in total. The van der Waals surface area contributed by atoms with Gasteiger partial charge in [-0.05, 0) is 25.0 Å². The SMILES string of the molecule is Cn1cncc1C(=O)NC1CCN(c2nc3c(Cl)cccc3s2)CC1. The van der Waals surface area contributed by atoms with Crippen LogP contribution >= 0.6 is 22.9 Å². The van der Waals surface area contributed by atoms with Gasteiger partial charge in [-0.1, -0.05) is 29.0 Å². The first-order valence-electron chi connectivity index (χ1n) is 8.19. The number of nitrogens with zero attached hydrogens (tertiary/aromatic N) is 4. The second-order valence-electron chi connectivity index (χ2n) is 6.21. The highest BCUT2D eigenvalue weighted by Gasteiger charge is 2.24. The second-order valence-corrected chi connectivity index (χ2v) is 7.62. The van der Waals surface area contributed by atoms with Crippen LogP contribution in [-0.2, 0) is 7.05 Å². The third-order valence-corrected chi connectivity index (χ3v) is 5.89. The molecule has 0 spiro atoms. The molecule has 6 nitrogen and oxygen atoms in total. The molecule has 1 amide bonds. The number of aryl methyl sites for hydroxylation is 1. The number of rotatable bonds is 3. The number of fused-ring (bicyclic) bond motifs is 1. The van der Waals surface area contributed by atoms with Crippen LogP contribution in [0.1, 0.15) is 23.3 Å². The second kappa shape index (κ2) is 6.65. The van der Waals surface area contributed by atoms with Crippen LogP contribution in [0, 0.1) is 0 Å². The van der Waals surface area contributed by atoms with Crippen molar-refractivity contribution in [2.75, 3.05) is 18.0 Å². The number of carbonyl (C=O) groups is 1. The molecule has 4 rings (SSSR count). The highest BCUT2D eigenvalue weighted by Crippen LogP contribution is 2.33. The van der Waals surface area contributed by atoms with Crippen LogP contribution in [0.3, 0.4) is 0 Å². The smallest absolute Gasteiger partial charge is 0.269 e. The summed E-state index contributed by atoms with van der Waals surface area (Å²) in [6.07, 6.45) is 5.02. The quantitative estimate of drug-likeness (QED) is 0.764. The maximum absolute atomic E-state index is 12.3. The highest BCUT2D eigenvalue weighted by molar-refractivity contribution is 7.22. The first-order chi connectivity index (χ1) is 12.1. The fourth-order valence-corrected chi connectivity index (χ4v) is 4.41. The molecular weight excluding hydrogens is 358 g/mol. The molecule has 0 atom stereocenters. The lowest BCUT2D eigenvalue weighted by atomic mass is 10.1. The van der Waals surface area contributed by atoms with Crippen molar-refractivity contribution in [3.63, 3.8) is 0 Å². The van der Waals surface area contributed by atoms with Gasteiger partial charge in [0.15, 0.2) is 5.13 Å². The zero-order chi connectivity index (χ0) is 17.4. The Hall–Kier alpha value is -2.12. The van der Waals surface area contributed by atoms with Crippen molar-refractivity contribution in [3.05, 3.63) is 41.4 Å². The number of para-hydroxylation sites is 1. The van der Waals surface area contributed by atoms with E-state index < -0.39 is 0 Å². The van der Waals surface area contributed by atoms with Gasteiger partial charge in [-0.25, -0.2) is 9.97 Å². The normalized spacial score (nSPS) is 15.7. The Kier molecular flexibility index (Phi) is 4.35. The molecule has 1 aromatic carbocycles. The van der Waals surface area contributed by atoms with E-state index >= 15 is 0 Å².